The molecular formula is C10H16F6O2. The molecule has 0 aliphatic carbocycles. The van der Waals surface area contributed by atoms with Gasteiger partial charge in [0.05, 0.1) is 0 Å². The van der Waals surface area contributed by atoms with Gasteiger partial charge in [0.1, 0.15) is 0 Å². The number of rotatable bonds is 6. The minimum absolute atomic E-state index is 0.0796. The predicted octanol–water partition coefficient (Wildman–Crippen LogP) is 3.03. The first-order valence-electron chi connectivity index (χ1n) is 5.49. The SMILES string of the molecule is CCCCC[C@@H](CO)C(O)(C(F)(F)F)C(F)(F)F. The van der Waals surface area contributed by atoms with Crippen LogP contribution < -0.4 is 0 Å². The molecule has 0 aromatic heterocycles. The molecule has 110 valence electrons. The van der Waals surface area contributed by atoms with E-state index in [-0.39, 0.29) is 6.42 Å². The fourth-order valence-corrected chi connectivity index (χ4v) is 1.70. The van der Waals surface area contributed by atoms with Gasteiger partial charge in [0.25, 0.3) is 5.60 Å². The molecule has 0 aromatic rings. The van der Waals surface area contributed by atoms with E-state index in [1.54, 1.807) is 6.92 Å². The number of alkyl halides is 6. The average molecular weight is 282 g/mol. The first kappa shape index (κ1) is 17.5. The average Bonchev–Trinajstić information content (AvgIpc) is 2.20. The van der Waals surface area contributed by atoms with Crippen molar-refractivity contribution in [3.8, 4) is 0 Å². The van der Waals surface area contributed by atoms with Gasteiger partial charge in [-0.3, -0.25) is 0 Å². The smallest absolute Gasteiger partial charge is 0.396 e. The van der Waals surface area contributed by atoms with Crippen LogP contribution in [-0.4, -0.2) is 34.8 Å². The summed E-state index contributed by atoms with van der Waals surface area (Å²) in [7, 11) is 0. The van der Waals surface area contributed by atoms with Crippen molar-refractivity contribution in [1.82, 2.24) is 0 Å². The quantitative estimate of drug-likeness (QED) is 0.580. The van der Waals surface area contributed by atoms with E-state index in [2.05, 4.69) is 0 Å². The number of aliphatic hydroxyl groups excluding tert-OH is 1. The molecular weight excluding hydrogens is 266 g/mol. The lowest BCUT2D eigenvalue weighted by molar-refractivity contribution is -0.387. The highest BCUT2D eigenvalue weighted by molar-refractivity contribution is 4.99. The normalized spacial score (nSPS) is 15.8. The van der Waals surface area contributed by atoms with Crippen LogP contribution in [0, 0.1) is 5.92 Å². The van der Waals surface area contributed by atoms with E-state index in [0.29, 0.717) is 12.8 Å². The standard InChI is InChI=1S/C10H16F6O2/c1-2-3-4-5-7(6-17)8(18,9(11,12)13)10(14,15)16/h7,17-18H,2-6H2,1H3/t7-/m0/s1. The molecule has 2 nitrogen and oxygen atoms in total. The van der Waals surface area contributed by atoms with Crippen LogP contribution in [0.4, 0.5) is 26.3 Å². The Balaban J connectivity index is 5.17. The van der Waals surface area contributed by atoms with Crippen molar-refractivity contribution in [3.63, 3.8) is 0 Å². The van der Waals surface area contributed by atoms with Crippen molar-refractivity contribution in [1.29, 1.82) is 0 Å². The Morgan fingerprint density at radius 1 is 0.944 bits per heavy atom. The Labute approximate surface area is 101 Å². The molecule has 18 heavy (non-hydrogen) atoms. The van der Waals surface area contributed by atoms with Gasteiger partial charge in [0.2, 0.25) is 0 Å². The molecule has 8 heteroatoms. The van der Waals surface area contributed by atoms with Crippen molar-refractivity contribution < 1.29 is 36.6 Å². The molecule has 0 spiro atoms. The van der Waals surface area contributed by atoms with Gasteiger partial charge in [-0.1, -0.05) is 26.2 Å². The second-order valence-corrected chi connectivity index (χ2v) is 4.14. The van der Waals surface area contributed by atoms with E-state index >= 15 is 0 Å². The number of halogens is 6. The second kappa shape index (κ2) is 6.10. The van der Waals surface area contributed by atoms with Crippen molar-refractivity contribution in [2.75, 3.05) is 6.61 Å². The topological polar surface area (TPSA) is 40.5 Å². The Kier molecular flexibility index (Phi) is 5.93. The second-order valence-electron chi connectivity index (χ2n) is 4.14. The maximum atomic E-state index is 12.5. The number of aliphatic hydroxyl groups is 2. The van der Waals surface area contributed by atoms with E-state index in [9.17, 15) is 26.3 Å². The van der Waals surface area contributed by atoms with Crippen molar-refractivity contribution in [2.24, 2.45) is 5.92 Å². The van der Waals surface area contributed by atoms with E-state index in [1.165, 1.54) is 0 Å². The third-order valence-electron chi connectivity index (χ3n) is 2.83. The summed E-state index contributed by atoms with van der Waals surface area (Å²) in [5, 5.41) is 17.8. The van der Waals surface area contributed by atoms with Gasteiger partial charge < -0.3 is 10.2 Å². The van der Waals surface area contributed by atoms with Crippen LogP contribution in [0.25, 0.3) is 0 Å². The highest BCUT2D eigenvalue weighted by atomic mass is 19.4. The molecule has 0 saturated carbocycles. The predicted molar refractivity (Wildman–Crippen MR) is 51.8 cm³/mol. The summed E-state index contributed by atoms with van der Waals surface area (Å²) in [6, 6.07) is 0. The van der Waals surface area contributed by atoms with Crippen LogP contribution >= 0.6 is 0 Å². The van der Waals surface area contributed by atoms with Crippen molar-refractivity contribution >= 4 is 0 Å². The van der Waals surface area contributed by atoms with Crippen LogP contribution in [0.2, 0.25) is 0 Å². The first-order valence-corrected chi connectivity index (χ1v) is 5.49. The summed E-state index contributed by atoms with van der Waals surface area (Å²) >= 11 is 0. The molecule has 0 unspecified atom stereocenters. The van der Waals surface area contributed by atoms with E-state index < -0.39 is 36.9 Å². The zero-order valence-electron chi connectivity index (χ0n) is 9.78. The maximum Gasteiger partial charge on any atom is 0.426 e. The minimum Gasteiger partial charge on any atom is -0.396 e. The highest BCUT2D eigenvalue weighted by Crippen LogP contribution is 2.48. The Bertz CT molecular complexity index is 234. The zero-order valence-corrected chi connectivity index (χ0v) is 9.78. The third kappa shape index (κ3) is 3.50. The molecule has 0 aliphatic rings. The highest BCUT2D eigenvalue weighted by Gasteiger charge is 2.73. The molecule has 0 aromatic carbocycles. The fraction of sp³-hybridized carbons (Fsp3) is 1.00. The van der Waals surface area contributed by atoms with Gasteiger partial charge in [-0.15, -0.1) is 0 Å². The minimum atomic E-state index is -5.87. The Morgan fingerprint density at radius 3 is 1.67 bits per heavy atom. The monoisotopic (exact) mass is 282 g/mol. The largest absolute Gasteiger partial charge is 0.426 e. The molecule has 0 fully saturated rings. The summed E-state index contributed by atoms with van der Waals surface area (Å²) in [5.74, 6) is -2.30. The van der Waals surface area contributed by atoms with Gasteiger partial charge in [-0.2, -0.15) is 26.3 Å². The molecule has 0 saturated heterocycles. The van der Waals surface area contributed by atoms with Crippen LogP contribution in [0.5, 0.6) is 0 Å². The lowest BCUT2D eigenvalue weighted by Gasteiger charge is -2.38. The molecule has 0 heterocycles. The Morgan fingerprint density at radius 2 is 1.39 bits per heavy atom. The van der Waals surface area contributed by atoms with Crippen molar-refractivity contribution in [3.05, 3.63) is 0 Å². The van der Waals surface area contributed by atoms with Crippen LogP contribution in [0.1, 0.15) is 32.6 Å². The zero-order chi connectivity index (χ0) is 14.6. The molecule has 1 atom stereocenters. The Hall–Kier alpha value is -0.500. The third-order valence-corrected chi connectivity index (χ3v) is 2.83. The number of hydrogen-bond donors (Lipinski definition) is 2. The summed E-state index contributed by atoms with van der Waals surface area (Å²) in [6.07, 6.45) is -11.2. The first-order chi connectivity index (χ1) is 8.02. The van der Waals surface area contributed by atoms with E-state index in [4.69, 9.17) is 10.2 Å². The summed E-state index contributed by atoms with van der Waals surface area (Å²) in [5.41, 5.74) is -4.86. The van der Waals surface area contributed by atoms with Crippen LogP contribution in [-0.2, 0) is 0 Å². The molecule has 0 aliphatic heterocycles. The van der Waals surface area contributed by atoms with Gasteiger partial charge >= 0.3 is 12.4 Å². The van der Waals surface area contributed by atoms with E-state index in [1.807, 2.05) is 0 Å². The number of unbranched alkanes of at least 4 members (excludes halogenated alkanes) is 2. The summed E-state index contributed by atoms with van der Waals surface area (Å²) in [4.78, 5) is 0. The molecule has 0 bridgehead atoms. The van der Waals surface area contributed by atoms with Crippen molar-refractivity contribution in [2.45, 2.75) is 50.6 Å². The molecule has 0 amide bonds. The van der Waals surface area contributed by atoms with Gasteiger partial charge in [0.15, 0.2) is 0 Å². The van der Waals surface area contributed by atoms with Gasteiger partial charge in [-0.25, -0.2) is 0 Å². The fourth-order valence-electron chi connectivity index (χ4n) is 1.70. The lowest BCUT2D eigenvalue weighted by Crippen LogP contribution is -2.62. The maximum absolute atomic E-state index is 12.5. The summed E-state index contributed by atoms with van der Waals surface area (Å²) in [6.45, 7) is 0.354. The lowest BCUT2D eigenvalue weighted by atomic mass is 9.82. The molecule has 0 radical (unpaired) electrons. The molecule has 0 rings (SSSR count). The molecule has 2 N–H and O–H groups in total. The van der Waals surface area contributed by atoms with Crippen LogP contribution in [0.15, 0.2) is 0 Å². The van der Waals surface area contributed by atoms with Gasteiger partial charge in [0, 0.05) is 12.5 Å². The van der Waals surface area contributed by atoms with Crippen LogP contribution in [0.3, 0.4) is 0 Å². The van der Waals surface area contributed by atoms with Gasteiger partial charge in [-0.05, 0) is 6.42 Å². The number of hydrogen-bond acceptors (Lipinski definition) is 2. The summed E-state index contributed by atoms with van der Waals surface area (Å²) < 4.78 is 74.8. The van der Waals surface area contributed by atoms with E-state index in [0.717, 1.165) is 0 Å².